The monoisotopic (exact) mass is 292 g/mol. The summed E-state index contributed by atoms with van der Waals surface area (Å²) < 4.78 is 5.89. The molecule has 1 atom stereocenters. The van der Waals surface area contributed by atoms with E-state index in [1.165, 1.54) is 0 Å². The van der Waals surface area contributed by atoms with E-state index in [-0.39, 0.29) is 0 Å². The second-order valence-corrected chi connectivity index (χ2v) is 4.16. The lowest BCUT2D eigenvalue weighted by atomic mass is 10.1. The first-order chi connectivity index (χ1) is 7.06. The molecule has 0 spiro atoms. The van der Waals surface area contributed by atoms with Gasteiger partial charge >= 0.3 is 5.97 Å². The number of carboxylic acid groups (broad SMARTS) is 1. The summed E-state index contributed by atoms with van der Waals surface area (Å²) in [5.74, 6) is -1.04. The summed E-state index contributed by atoms with van der Waals surface area (Å²) in [7, 11) is 0. The van der Waals surface area contributed by atoms with Gasteiger partial charge in [0.25, 0.3) is 0 Å². The Morgan fingerprint density at radius 2 is 2.33 bits per heavy atom. The Morgan fingerprint density at radius 1 is 1.67 bits per heavy atom. The molecule has 15 heavy (non-hydrogen) atoms. The third-order valence-corrected chi connectivity index (χ3v) is 2.64. The third-order valence-electron chi connectivity index (χ3n) is 1.80. The van der Waals surface area contributed by atoms with Crippen LogP contribution in [0.5, 0.6) is 0 Å². The van der Waals surface area contributed by atoms with Crippen molar-refractivity contribution in [1.82, 2.24) is 0 Å². The van der Waals surface area contributed by atoms with Crippen molar-refractivity contribution in [2.75, 3.05) is 6.61 Å². The molecule has 0 bridgehead atoms. The van der Waals surface area contributed by atoms with Crippen molar-refractivity contribution in [3.05, 3.63) is 33.3 Å². The first kappa shape index (κ1) is 12.5. The van der Waals surface area contributed by atoms with Gasteiger partial charge in [-0.1, -0.05) is 27.5 Å². The van der Waals surface area contributed by atoms with Crippen LogP contribution in [-0.2, 0) is 9.53 Å². The van der Waals surface area contributed by atoms with Gasteiger partial charge in [-0.05, 0) is 25.1 Å². The topological polar surface area (TPSA) is 46.5 Å². The zero-order valence-electron chi connectivity index (χ0n) is 8.04. The van der Waals surface area contributed by atoms with E-state index in [2.05, 4.69) is 15.9 Å². The van der Waals surface area contributed by atoms with Gasteiger partial charge in [0.2, 0.25) is 0 Å². The number of rotatable bonds is 4. The van der Waals surface area contributed by atoms with Gasteiger partial charge in [-0.15, -0.1) is 0 Å². The van der Waals surface area contributed by atoms with E-state index >= 15 is 0 Å². The predicted octanol–water partition coefficient (Wildman–Crippen LogP) is 3.26. The zero-order valence-corrected chi connectivity index (χ0v) is 10.4. The first-order valence-corrected chi connectivity index (χ1v) is 5.52. The Balaban J connectivity index is 3.09. The highest BCUT2D eigenvalue weighted by Gasteiger charge is 2.22. The van der Waals surface area contributed by atoms with Crippen molar-refractivity contribution >= 4 is 33.5 Å². The van der Waals surface area contributed by atoms with Crippen LogP contribution < -0.4 is 0 Å². The highest BCUT2D eigenvalue weighted by atomic mass is 79.9. The van der Waals surface area contributed by atoms with Crippen LogP contribution in [0.15, 0.2) is 22.7 Å². The molecule has 1 aromatic carbocycles. The fraction of sp³-hybridized carbons (Fsp3) is 0.300. The van der Waals surface area contributed by atoms with Crippen LogP contribution >= 0.6 is 27.5 Å². The highest BCUT2D eigenvalue weighted by molar-refractivity contribution is 9.10. The molecule has 5 heteroatoms. The largest absolute Gasteiger partial charge is 0.479 e. The van der Waals surface area contributed by atoms with E-state index in [0.717, 1.165) is 4.47 Å². The molecule has 0 aliphatic rings. The minimum atomic E-state index is -1.04. The van der Waals surface area contributed by atoms with Crippen molar-refractivity contribution in [2.24, 2.45) is 0 Å². The van der Waals surface area contributed by atoms with Crippen molar-refractivity contribution < 1.29 is 14.6 Å². The molecule has 1 unspecified atom stereocenters. The van der Waals surface area contributed by atoms with Crippen molar-refractivity contribution in [3.8, 4) is 0 Å². The average molecular weight is 294 g/mol. The number of ether oxygens (including phenoxy) is 1. The van der Waals surface area contributed by atoms with E-state index in [1.54, 1.807) is 25.1 Å². The van der Waals surface area contributed by atoms with Gasteiger partial charge in [0, 0.05) is 21.7 Å². The number of carboxylic acids is 1. The van der Waals surface area contributed by atoms with E-state index in [4.69, 9.17) is 21.4 Å². The van der Waals surface area contributed by atoms with Crippen molar-refractivity contribution in [1.29, 1.82) is 0 Å². The quantitative estimate of drug-likeness (QED) is 0.927. The normalized spacial score (nSPS) is 12.5. The molecule has 0 heterocycles. The summed E-state index contributed by atoms with van der Waals surface area (Å²) in [5, 5.41) is 9.36. The van der Waals surface area contributed by atoms with Crippen LogP contribution in [0, 0.1) is 0 Å². The predicted molar refractivity (Wildman–Crippen MR) is 61.2 cm³/mol. The molecular weight excluding hydrogens is 283 g/mol. The molecule has 0 saturated carbocycles. The Bertz CT molecular complexity index is 368. The molecule has 0 fully saturated rings. The third kappa shape index (κ3) is 3.19. The summed E-state index contributed by atoms with van der Waals surface area (Å²) in [4.78, 5) is 11.0. The molecule has 1 aromatic rings. The minimum Gasteiger partial charge on any atom is -0.479 e. The fourth-order valence-corrected chi connectivity index (χ4v) is 1.77. The molecule has 1 N–H and O–H groups in total. The van der Waals surface area contributed by atoms with E-state index in [9.17, 15) is 4.79 Å². The second-order valence-electron chi connectivity index (χ2n) is 2.84. The SMILES string of the molecule is CCOC(C(=O)O)c1cc(Br)ccc1Cl. The Morgan fingerprint density at radius 3 is 2.87 bits per heavy atom. The van der Waals surface area contributed by atoms with Gasteiger partial charge in [0.05, 0.1) is 0 Å². The van der Waals surface area contributed by atoms with Crippen LogP contribution in [0.2, 0.25) is 5.02 Å². The summed E-state index contributed by atoms with van der Waals surface area (Å²) >= 11 is 9.16. The van der Waals surface area contributed by atoms with Crippen LogP contribution in [0.1, 0.15) is 18.6 Å². The smallest absolute Gasteiger partial charge is 0.337 e. The minimum absolute atomic E-state index is 0.319. The Labute approximate surface area is 101 Å². The lowest BCUT2D eigenvalue weighted by molar-refractivity contribution is -0.150. The van der Waals surface area contributed by atoms with Crippen LogP contribution in [0.3, 0.4) is 0 Å². The number of aliphatic carboxylic acids is 1. The number of carbonyl (C=O) groups is 1. The highest BCUT2D eigenvalue weighted by Crippen LogP contribution is 2.28. The number of benzene rings is 1. The first-order valence-electron chi connectivity index (χ1n) is 4.35. The molecule has 1 rings (SSSR count). The standard InChI is InChI=1S/C10H10BrClO3/c1-2-15-9(10(13)14)7-5-6(11)3-4-8(7)12/h3-5,9H,2H2,1H3,(H,13,14). The Hall–Kier alpha value is -0.580. The zero-order chi connectivity index (χ0) is 11.4. The van der Waals surface area contributed by atoms with Gasteiger partial charge < -0.3 is 9.84 Å². The summed E-state index contributed by atoms with van der Waals surface area (Å²) in [5.41, 5.74) is 0.459. The fourth-order valence-electron chi connectivity index (χ4n) is 1.18. The van der Waals surface area contributed by atoms with Crippen LogP contribution in [0.4, 0.5) is 0 Å². The average Bonchev–Trinajstić information content (AvgIpc) is 2.18. The molecule has 0 amide bonds. The van der Waals surface area contributed by atoms with Crippen LogP contribution in [0.25, 0.3) is 0 Å². The van der Waals surface area contributed by atoms with E-state index < -0.39 is 12.1 Å². The molecule has 82 valence electrons. The number of hydrogen-bond acceptors (Lipinski definition) is 2. The summed E-state index contributed by atoms with van der Waals surface area (Å²) in [6.07, 6.45) is -1.01. The van der Waals surface area contributed by atoms with E-state index in [0.29, 0.717) is 17.2 Å². The molecule has 0 aromatic heterocycles. The molecule has 0 radical (unpaired) electrons. The van der Waals surface area contributed by atoms with Crippen LogP contribution in [-0.4, -0.2) is 17.7 Å². The molecular formula is C10H10BrClO3. The summed E-state index contributed by atoms with van der Waals surface area (Å²) in [6, 6.07) is 5.03. The van der Waals surface area contributed by atoms with Gasteiger partial charge in [0.1, 0.15) is 0 Å². The molecule has 3 nitrogen and oxygen atoms in total. The van der Waals surface area contributed by atoms with Gasteiger partial charge in [-0.25, -0.2) is 4.79 Å². The molecule has 0 aliphatic carbocycles. The van der Waals surface area contributed by atoms with Crippen molar-refractivity contribution in [2.45, 2.75) is 13.0 Å². The van der Waals surface area contributed by atoms with Gasteiger partial charge in [-0.3, -0.25) is 0 Å². The van der Waals surface area contributed by atoms with Crippen molar-refractivity contribution in [3.63, 3.8) is 0 Å². The number of hydrogen-bond donors (Lipinski definition) is 1. The molecule has 0 saturated heterocycles. The second kappa shape index (κ2) is 5.49. The maximum Gasteiger partial charge on any atom is 0.337 e. The Kier molecular flexibility index (Phi) is 4.57. The maximum atomic E-state index is 11.0. The number of halogens is 2. The maximum absolute atomic E-state index is 11.0. The summed E-state index contributed by atoms with van der Waals surface area (Å²) in [6.45, 7) is 2.06. The lowest BCUT2D eigenvalue weighted by Gasteiger charge is -2.14. The van der Waals surface area contributed by atoms with E-state index in [1.807, 2.05) is 0 Å². The molecule has 0 aliphatic heterocycles. The van der Waals surface area contributed by atoms with Gasteiger partial charge in [0.15, 0.2) is 6.10 Å². The lowest BCUT2D eigenvalue weighted by Crippen LogP contribution is -2.15. The van der Waals surface area contributed by atoms with Gasteiger partial charge in [-0.2, -0.15) is 0 Å².